The molecule has 0 aromatic heterocycles. The van der Waals surface area contributed by atoms with E-state index in [0.717, 1.165) is 0 Å². The standard InChI is InChI=1S/C11H20N2O4/c1-11(2,3)17-10(15)12-8(7-13(4)5)9(14)16-6/h7H,1-6H3,(H,12,15)/b8-7+. The van der Waals surface area contributed by atoms with E-state index in [1.807, 2.05) is 0 Å². The summed E-state index contributed by atoms with van der Waals surface area (Å²) in [5.74, 6) is -0.635. The van der Waals surface area contributed by atoms with Crippen molar-refractivity contribution < 1.29 is 19.1 Å². The number of nitrogens with zero attached hydrogens (tertiary/aromatic N) is 1. The summed E-state index contributed by atoms with van der Waals surface area (Å²) in [5.41, 5.74) is -0.601. The van der Waals surface area contributed by atoms with Crippen molar-refractivity contribution in [3.05, 3.63) is 11.9 Å². The van der Waals surface area contributed by atoms with Crippen LogP contribution in [0, 0.1) is 0 Å². The van der Waals surface area contributed by atoms with E-state index in [0.29, 0.717) is 0 Å². The van der Waals surface area contributed by atoms with E-state index in [9.17, 15) is 9.59 Å². The van der Waals surface area contributed by atoms with Crippen molar-refractivity contribution >= 4 is 12.1 Å². The lowest BCUT2D eigenvalue weighted by Gasteiger charge is -2.20. The van der Waals surface area contributed by atoms with Gasteiger partial charge < -0.3 is 14.4 Å². The van der Waals surface area contributed by atoms with Gasteiger partial charge in [0.1, 0.15) is 11.3 Å². The zero-order valence-electron chi connectivity index (χ0n) is 11.2. The lowest BCUT2D eigenvalue weighted by atomic mass is 10.2. The first-order valence-corrected chi connectivity index (χ1v) is 5.12. The maximum Gasteiger partial charge on any atom is 0.412 e. The predicted octanol–water partition coefficient (Wildman–Crippen LogP) is 1.09. The van der Waals surface area contributed by atoms with Crippen LogP contribution in [0.25, 0.3) is 0 Å². The first kappa shape index (κ1) is 15.3. The minimum absolute atomic E-state index is 0.0201. The monoisotopic (exact) mass is 244 g/mol. The Kier molecular flexibility index (Phi) is 5.50. The number of rotatable bonds is 3. The molecule has 98 valence electrons. The molecule has 0 fully saturated rings. The van der Waals surface area contributed by atoms with Gasteiger partial charge >= 0.3 is 12.1 Å². The fourth-order valence-electron chi connectivity index (χ4n) is 0.918. The van der Waals surface area contributed by atoms with Crippen LogP contribution in [0.3, 0.4) is 0 Å². The van der Waals surface area contributed by atoms with E-state index in [-0.39, 0.29) is 5.70 Å². The second-order valence-electron chi connectivity index (χ2n) is 4.62. The molecule has 0 radical (unpaired) electrons. The van der Waals surface area contributed by atoms with E-state index in [4.69, 9.17) is 4.74 Å². The van der Waals surface area contributed by atoms with Crippen LogP contribution in [0.5, 0.6) is 0 Å². The van der Waals surface area contributed by atoms with Crippen LogP contribution in [0.1, 0.15) is 20.8 Å². The summed E-state index contributed by atoms with van der Waals surface area (Å²) in [4.78, 5) is 24.4. The molecule has 1 amide bonds. The molecular weight excluding hydrogens is 224 g/mol. The van der Waals surface area contributed by atoms with Gasteiger partial charge in [-0.1, -0.05) is 0 Å². The van der Waals surface area contributed by atoms with Crippen molar-refractivity contribution in [3.63, 3.8) is 0 Å². The third-order valence-electron chi connectivity index (χ3n) is 1.43. The zero-order chi connectivity index (χ0) is 13.6. The molecule has 6 heteroatoms. The van der Waals surface area contributed by atoms with Crippen molar-refractivity contribution in [1.82, 2.24) is 10.2 Å². The summed E-state index contributed by atoms with van der Waals surface area (Å²) < 4.78 is 9.57. The third-order valence-corrected chi connectivity index (χ3v) is 1.43. The van der Waals surface area contributed by atoms with Gasteiger partial charge in [0.25, 0.3) is 0 Å². The molecule has 0 atom stereocenters. The average Bonchev–Trinajstić information content (AvgIpc) is 2.11. The number of nitrogens with one attached hydrogen (secondary N) is 1. The number of methoxy groups -OCH3 is 1. The van der Waals surface area contributed by atoms with Gasteiger partial charge in [0.2, 0.25) is 0 Å². The molecule has 0 bridgehead atoms. The van der Waals surface area contributed by atoms with Crippen LogP contribution >= 0.6 is 0 Å². The topological polar surface area (TPSA) is 67.9 Å². The molecule has 0 saturated carbocycles. The maximum absolute atomic E-state index is 11.5. The molecule has 0 aliphatic heterocycles. The molecule has 0 saturated heterocycles. The quantitative estimate of drug-likeness (QED) is 0.594. The van der Waals surface area contributed by atoms with Gasteiger partial charge in [0, 0.05) is 20.3 Å². The van der Waals surface area contributed by atoms with Gasteiger partial charge in [-0.2, -0.15) is 0 Å². The van der Waals surface area contributed by atoms with Crippen LogP contribution in [0.2, 0.25) is 0 Å². The summed E-state index contributed by atoms with van der Waals surface area (Å²) in [5, 5.41) is 2.34. The molecule has 0 aliphatic carbocycles. The molecular formula is C11H20N2O4. The van der Waals surface area contributed by atoms with E-state index >= 15 is 0 Å². The number of hydrogen-bond donors (Lipinski definition) is 1. The fourth-order valence-corrected chi connectivity index (χ4v) is 0.918. The Morgan fingerprint density at radius 2 is 1.76 bits per heavy atom. The van der Waals surface area contributed by atoms with Gasteiger partial charge in [-0.15, -0.1) is 0 Å². The second kappa shape index (κ2) is 6.12. The molecule has 0 unspecified atom stereocenters. The number of amides is 1. The summed E-state index contributed by atoms with van der Waals surface area (Å²) in [6, 6.07) is 0. The molecule has 6 nitrogen and oxygen atoms in total. The van der Waals surface area contributed by atoms with Crippen molar-refractivity contribution in [1.29, 1.82) is 0 Å². The first-order valence-electron chi connectivity index (χ1n) is 5.12. The van der Waals surface area contributed by atoms with Crippen molar-refractivity contribution in [3.8, 4) is 0 Å². The lowest BCUT2D eigenvalue weighted by Crippen LogP contribution is -2.35. The highest BCUT2D eigenvalue weighted by Crippen LogP contribution is 2.07. The molecule has 0 aliphatic rings. The molecule has 0 rings (SSSR count). The van der Waals surface area contributed by atoms with Gasteiger partial charge in [-0.25, -0.2) is 9.59 Å². The highest BCUT2D eigenvalue weighted by Gasteiger charge is 2.20. The fraction of sp³-hybridized carbons (Fsp3) is 0.636. The second-order valence-corrected chi connectivity index (χ2v) is 4.62. The molecule has 17 heavy (non-hydrogen) atoms. The summed E-state index contributed by atoms with van der Waals surface area (Å²) in [6.07, 6.45) is 0.742. The highest BCUT2D eigenvalue weighted by molar-refractivity contribution is 5.92. The number of hydrogen-bond acceptors (Lipinski definition) is 5. The maximum atomic E-state index is 11.5. The van der Waals surface area contributed by atoms with Crippen LogP contribution < -0.4 is 5.32 Å². The van der Waals surface area contributed by atoms with Crippen LogP contribution in [-0.4, -0.2) is 43.8 Å². The van der Waals surface area contributed by atoms with Crippen LogP contribution in [-0.2, 0) is 14.3 Å². The lowest BCUT2D eigenvalue weighted by molar-refractivity contribution is -0.136. The van der Waals surface area contributed by atoms with Crippen LogP contribution in [0.4, 0.5) is 4.79 Å². The SMILES string of the molecule is COC(=O)/C(=C\N(C)C)NC(=O)OC(C)(C)C. The largest absolute Gasteiger partial charge is 0.464 e. The minimum atomic E-state index is -0.698. The molecule has 1 N–H and O–H groups in total. The average molecular weight is 244 g/mol. The molecule has 0 aromatic rings. The van der Waals surface area contributed by atoms with Crippen LogP contribution in [0.15, 0.2) is 11.9 Å². The number of carbonyl (C=O) groups excluding carboxylic acids is 2. The normalized spacial score (nSPS) is 11.8. The van der Waals surface area contributed by atoms with Gasteiger partial charge in [-0.3, -0.25) is 5.32 Å². The highest BCUT2D eigenvalue weighted by atomic mass is 16.6. The Morgan fingerprint density at radius 3 is 2.12 bits per heavy atom. The Labute approximate surface area is 102 Å². The number of carbonyl (C=O) groups is 2. The first-order chi connectivity index (χ1) is 7.65. The smallest absolute Gasteiger partial charge is 0.412 e. The van der Waals surface area contributed by atoms with Crippen molar-refractivity contribution in [2.75, 3.05) is 21.2 Å². The Bertz CT molecular complexity index is 316. The number of alkyl carbamates (subject to hydrolysis) is 1. The van der Waals surface area contributed by atoms with Gasteiger partial charge in [0.05, 0.1) is 7.11 Å². The van der Waals surface area contributed by atoms with Gasteiger partial charge in [-0.05, 0) is 20.8 Å². The van der Waals surface area contributed by atoms with E-state index in [2.05, 4.69) is 10.1 Å². The summed E-state index contributed by atoms with van der Waals surface area (Å²) in [6.45, 7) is 5.21. The third kappa shape index (κ3) is 7.21. The van der Waals surface area contributed by atoms with Crippen molar-refractivity contribution in [2.24, 2.45) is 0 Å². The van der Waals surface area contributed by atoms with E-state index in [1.165, 1.54) is 13.3 Å². The Hall–Kier alpha value is -1.72. The van der Waals surface area contributed by atoms with Gasteiger partial charge in [0.15, 0.2) is 0 Å². The molecule has 0 heterocycles. The zero-order valence-corrected chi connectivity index (χ0v) is 11.2. The number of ether oxygens (including phenoxy) is 2. The van der Waals surface area contributed by atoms with E-state index in [1.54, 1.807) is 39.8 Å². The molecule has 0 aromatic carbocycles. The van der Waals surface area contributed by atoms with Crippen molar-refractivity contribution in [2.45, 2.75) is 26.4 Å². The Balaban J connectivity index is 4.67. The molecule has 0 spiro atoms. The predicted molar refractivity (Wildman–Crippen MR) is 63.2 cm³/mol. The summed E-state index contributed by atoms with van der Waals surface area (Å²) in [7, 11) is 4.68. The van der Waals surface area contributed by atoms with E-state index < -0.39 is 17.7 Å². The summed E-state index contributed by atoms with van der Waals surface area (Å²) >= 11 is 0. The minimum Gasteiger partial charge on any atom is -0.464 e. The number of esters is 1. The Morgan fingerprint density at radius 1 is 1.24 bits per heavy atom.